The van der Waals surface area contributed by atoms with Crippen molar-refractivity contribution in [2.24, 2.45) is 0 Å². The number of rotatable bonds is 7. The summed E-state index contributed by atoms with van der Waals surface area (Å²) in [6.07, 6.45) is -2.13. The van der Waals surface area contributed by atoms with Gasteiger partial charge in [0.15, 0.2) is 29.3 Å². The fourth-order valence-electron chi connectivity index (χ4n) is 5.29. The van der Waals surface area contributed by atoms with Crippen LogP contribution in [0.15, 0.2) is 104 Å². The molecule has 2 amide bonds. The number of amides is 2. The predicted molar refractivity (Wildman–Crippen MR) is 159 cm³/mol. The van der Waals surface area contributed by atoms with E-state index in [4.69, 9.17) is 17.8 Å². The second kappa shape index (κ2) is 11.9. The minimum atomic E-state index is -4.40. The van der Waals surface area contributed by atoms with E-state index < -0.39 is 52.7 Å². The van der Waals surface area contributed by atoms with Gasteiger partial charge in [-0.25, -0.2) is 33.0 Å². The number of nitrogens with zero attached hydrogens (tertiary/aromatic N) is 5. The third-order valence-corrected chi connectivity index (χ3v) is 8.32. The lowest BCUT2D eigenvalue weighted by molar-refractivity contribution is -0.0595. The molecule has 0 bridgehead atoms. The summed E-state index contributed by atoms with van der Waals surface area (Å²) in [5.74, 6) is -2.05. The molecule has 232 valence electrons. The van der Waals surface area contributed by atoms with Crippen LogP contribution >= 0.6 is 0 Å². The first kappa shape index (κ1) is 29.4. The van der Waals surface area contributed by atoms with Gasteiger partial charge in [0.1, 0.15) is 25.1 Å². The Bertz CT molecular complexity index is 1990. The molecule has 4 atom stereocenters. The fraction of sp³-hybridized carbons (Fsp3) is 0.161. The van der Waals surface area contributed by atoms with Gasteiger partial charge in [0.25, 0.3) is 11.8 Å². The molecule has 46 heavy (non-hydrogen) atoms. The number of carbonyl (C=O) groups is 3. The molecule has 0 saturated carbocycles. The number of carbonyl (C=O) groups excluding carboxylic acids is 3. The molecule has 2 aliphatic rings. The van der Waals surface area contributed by atoms with Crippen LogP contribution in [0.1, 0.15) is 37.3 Å². The Hall–Kier alpha value is -5.35. The van der Waals surface area contributed by atoms with Crippen LogP contribution in [0.25, 0.3) is 11.2 Å². The number of ether oxygens (including phenoxy) is 2. The summed E-state index contributed by atoms with van der Waals surface area (Å²) >= 11 is 0. The van der Waals surface area contributed by atoms with Gasteiger partial charge in [0.05, 0.1) is 11.9 Å². The summed E-state index contributed by atoms with van der Waals surface area (Å²) in [6, 6.07) is 24.7. The third-order valence-electron chi connectivity index (χ3n) is 7.40. The highest BCUT2D eigenvalue weighted by Crippen LogP contribution is 2.41. The Labute approximate surface area is 261 Å². The number of hydrogen-bond donors (Lipinski definition) is 0. The van der Waals surface area contributed by atoms with Crippen molar-refractivity contribution in [3.8, 4) is 0 Å². The number of fused-ring (bicyclic) bond motifs is 2. The second-order valence-corrected chi connectivity index (χ2v) is 11.5. The SMILES string of the molecule is O=C(OC[C@@H]1O[C@@H](n2cnc3c(N(C(=O)c4ccccc4)C(=O)c4ccccc4)ncnc32)[C@@H]2OS(=O)(=O)O[C@@H]21)c1ccccc1. The number of esters is 1. The number of aromatic nitrogens is 4. The fourth-order valence-corrected chi connectivity index (χ4v) is 6.32. The number of anilines is 1. The van der Waals surface area contributed by atoms with Gasteiger partial charge in [-0.05, 0) is 36.4 Å². The topological polar surface area (TPSA) is 169 Å². The van der Waals surface area contributed by atoms with Gasteiger partial charge in [0.2, 0.25) is 0 Å². The van der Waals surface area contributed by atoms with Crippen LogP contribution in [-0.2, 0) is 28.2 Å². The smallest absolute Gasteiger partial charge is 0.400 e. The van der Waals surface area contributed by atoms with E-state index in [9.17, 15) is 22.8 Å². The molecule has 0 N–H and O–H groups in total. The summed E-state index contributed by atoms with van der Waals surface area (Å²) in [5.41, 5.74) is 0.922. The van der Waals surface area contributed by atoms with Gasteiger partial charge in [-0.15, -0.1) is 0 Å². The molecule has 3 aromatic carbocycles. The predicted octanol–water partition coefficient (Wildman–Crippen LogP) is 3.10. The lowest BCUT2D eigenvalue weighted by atomic mass is 10.1. The molecule has 2 fully saturated rings. The summed E-state index contributed by atoms with van der Waals surface area (Å²) < 4.78 is 48.0. The van der Waals surface area contributed by atoms with Crippen LogP contribution < -0.4 is 4.90 Å². The second-order valence-electron chi connectivity index (χ2n) is 10.3. The minimum Gasteiger partial charge on any atom is -0.459 e. The molecule has 0 spiro atoms. The van der Waals surface area contributed by atoms with Crippen molar-refractivity contribution >= 4 is 45.2 Å². The van der Waals surface area contributed by atoms with Crippen LogP contribution in [0.4, 0.5) is 5.82 Å². The normalized spacial score (nSPS) is 21.5. The van der Waals surface area contributed by atoms with Crippen molar-refractivity contribution < 1.29 is 40.6 Å². The Kier molecular flexibility index (Phi) is 7.58. The quantitative estimate of drug-likeness (QED) is 0.188. The minimum absolute atomic E-state index is 0.0527. The largest absolute Gasteiger partial charge is 0.459 e. The number of hydrogen-bond acceptors (Lipinski definition) is 12. The maximum atomic E-state index is 13.8. The first-order valence-electron chi connectivity index (χ1n) is 14.0. The van der Waals surface area contributed by atoms with Crippen molar-refractivity contribution in [2.75, 3.05) is 11.5 Å². The van der Waals surface area contributed by atoms with Crippen molar-refractivity contribution in [3.63, 3.8) is 0 Å². The van der Waals surface area contributed by atoms with E-state index in [-0.39, 0.29) is 34.7 Å². The van der Waals surface area contributed by atoms with Crippen LogP contribution in [0.5, 0.6) is 0 Å². The molecule has 15 heteroatoms. The molecule has 5 aromatic rings. The van der Waals surface area contributed by atoms with Gasteiger partial charge < -0.3 is 9.47 Å². The maximum Gasteiger partial charge on any atom is 0.400 e. The molecule has 2 saturated heterocycles. The number of benzene rings is 3. The molecule has 0 aliphatic carbocycles. The van der Waals surface area contributed by atoms with Crippen LogP contribution in [-0.4, -0.2) is 70.6 Å². The Balaban J connectivity index is 1.24. The highest BCUT2D eigenvalue weighted by molar-refractivity contribution is 7.82. The molecule has 14 nitrogen and oxygen atoms in total. The molecule has 7 rings (SSSR count). The molecule has 2 aromatic heterocycles. The lowest BCUT2D eigenvalue weighted by Gasteiger charge is -2.21. The van der Waals surface area contributed by atoms with E-state index in [1.807, 2.05) is 0 Å². The van der Waals surface area contributed by atoms with Crippen LogP contribution in [0.2, 0.25) is 0 Å². The highest BCUT2D eigenvalue weighted by Gasteiger charge is 2.57. The van der Waals surface area contributed by atoms with E-state index in [0.29, 0.717) is 5.56 Å². The summed E-state index contributed by atoms with van der Waals surface area (Å²) in [7, 11) is -4.40. The van der Waals surface area contributed by atoms with Crippen molar-refractivity contribution in [3.05, 3.63) is 120 Å². The van der Waals surface area contributed by atoms with E-state index in [2.05, 4.69) is 15.0 Å². The number of imide groups is 1. The van der Waals surface area contributed by atoms with E-state index >= 15 is 0 Å². The van der Waals surface area contributed by atoms with Crippen molar-refractivity contribution in [2.45, 2.75) is 24.5 Å². The average Bonchev–Trinajstić information content (AvgIpc) is 3.75. The zero-order valence-corrected chi connectivity index (χ0v) is 24.5. The molecule has 2 aliphatic heterocycles. The average molecular weight is 642 g/mol. The summed E-state index contributed by atoms with van der Waals surface area (Å²) in [4.78, 5) is 54.1. The molecular weight excluding hydrogens is 618 g/mol. The molecule has 0 unspecified atom stereocenters. The van der Waals surface area contributed by atoms with Gasteiger partial charge >= 0.3 is 16.4 Å². The van der Waals surface area contributed by atoms with E-state index in [0.717, 1.165) is 11.2 Å². The first-order chi connectivity index (χ1) is 22.3. The standard InChI is InChI=1S/C31H23N5O9S/c37-28(19-10-4-1-5-11-19)36(29(38)20-12-6-2-7-13-20)27-23-26(32-17-33-27)35(18-34-23)30-25-24(44-46(40,41)45-25)22(43-30)16-42-31(39)21-14-8-3-9-15-21/h1-15,17-18,22,24-25,30H,16H2/t22-,24+,25+,30+/m0/s1. The maximum absolute atomic E-state index is 13.8. The van der Waals surface area contributed by atoms with Crippen molar-refractivity contribution in [1.29, 1.82) is 0 Å². The molecule has 0 radical (unpaired) electrons. The highest BCUT2D eigenvalue weighted by atomic mass is 32.3. The van der Waals surface area contributed by atoms with Crippen molar-refractivity contribution in [1.82, 2.24) is 19.5 Å². The van der Waals surface area contributed by atoms with Crippen LogP contribution in [0, 0.1) is 0 Å². The molecule has 4 heterocycles. The Morgan fingerprint density at radius 1 is 0.761 bits per heavy atom. The third kappa shape index (κ3) is 5.41. The van der Waals surface area contributed by atoms with Gasteiger partial charge in [-0.2, -0.15) is 8.42 Å². The summed E-state index contributed by atoms with van der Waals surface area (Å²) in [5, 5.41) is 0. The lowest BCUT2D eigenvalue weighted by Crippen LogP contribution is -2.38. The Morgan fingerprint density at radius 2 is 1.33 bits per heavy atom. The zero-order chi connectivity index (χ0) is 31.8. The number of imidazole rings is 1. The Morgan fingerprint density at radius 3 is 1.93 bits per heavy atom. The van der Waals surface area contributed by atoms with E-state index in [1.54, 1.807) is 91.0 Å². The van der Waals surface area contributed by atoms with Crippen LogP contribution in [0.3, 0.4) is 0 Å². The first-order valence-corrected chi connectivity index (χ1v) is 15.3. The summed E-state index contributed by atoms with van der Waals surface area (Å²) in [6.45, 7) is -0.345. The van der Waals surface area contributed by atoms with E-state index in [1.165, 1.54) is 10.9 Å². The molecular formula is C31H23N5O9S. The van der Waals surface area contributed by atoms with Gasteiger partial charge in [-0.1, -0.05) is 54.6 Å². The van der Waals surface area contributed by atoms with Gasteiger partial charge in [-0.3, -0.25) is 14.2 Å². The van der Waals surface area contributed by atoms with Gasteiger partial charge in [0, 0.05) is 11.1 Å². The zero-order valence-electron chi connectivity index (χ0n) is 23.7. The monoisotopic (exact) mass is 641 g/mol.